The topological polar surface area (TPSA) is 64.7 Å². The second-order valence-electron chi connectivity index (χ2n) is 12.2. The molecule has 0 atom stereocenters. The Hall–Kier alpha value is -6.50. The van der Waals surface area contributed by atoms with Crippen LogP contribution in [0, 0.1) is 0 Å². The Bertz CT molecular complexity index is 2810. The summed E-state index contributed by atoms with van der Waals surface area (Å²) < 4.78 is 8.83. The van der Waals surface area contributed by atoms with E-state index in [4.69, 9.17) is 24.4 Å². The third-order valence-electron chi connectivity index (χ3n) is 9.13. The van der Waals surface area contributed by atoms with Gasteiger partial charge < -0.3 is 4.42 Å². The van der Waals surface area contributed by atoms with Crippen molar-refractivity contribution in [2.24, 2.45) is 0 Å². The van der Waals surface area contributed by atoms with Crippen LogP contribution in [0.3, 0.4) is 0 Å². The van der Waals surface area contributed by atoms with Crippen LogP contribution < -0.4 is 0 Å². The predicted molar refractivity (Wildman–Crippen MR) is 205 cm³/mol. The van der Waals surface area contributed by atoms with Gasteiger partial charge in [0.15, 0.2) is 11.6 Å². The maximum absolute atomic E-state index is 6.57. The molecule has 10 aromatic rings. The minimum atomic E-state index is 0.653. The van der Waals surface area contributed by atoms with E-state index in [0.717, 1.165) is 82.4 Å². The molecule has 0 aliphatic rings. The first kappa shape index (κ1) is 28.5. The molecule has 0 bridgehead atoms. The summed E-state index contributed by atoms with van der Waals surface area (Å²) >= 11 is 1.74. The van der Waals surface area contributed by atoms with Crippen LogP contribution in [0.15, 0.2) is 162 Å². The summed E-state index contributed by atoms with van der Waals surface area (Å²) in [7, 11) is 0. The maximum Gasteiger partial charge on any atom is 0.161 e. The number of furan rings is 1. The van der Waals surface area contributed by atoms with Crippen LogP contribution in [0.4, 0.5) is 0 Å². The Labute approximate surface area is 291 Å². The van der Waals surface area contributed by atoms with Gasteiger partial charge in [-0.3, -0.25) is 0 Å². The standard InChI is InChI=1S/C44H26N4OS/c1-4-14-27(15-5-1)33-26-34(46-43(45-33)29-18-8-3-9-19-29)30-21-12-23-35-38(30)39-32(22-13-24-36(39)49-35)44-47-40(28-16-6-2-7-17-28)42-41(48-44)31-20-10-11-25-37(31)50-42/h1-26H. The average Bonchev–Trinajstić information content (AvgIpc) is 3.77. The molecule has 234 valence electrons. The molecule has 0 aliphatic heterocycles. The van der Waals surface area contributed by atoms with Gasteiger partial charge in [0.2, 0.25) is 0 Å². The van der Waals surface area contributed by atoms with Gasteiger partial charge >= 0.3 is 0 Å². The highest BCUT2D eigenvalue weighted by Crippen LogP contribution is 2.44. The van der Waals surface area contributed by atoms with Crippen LogP contribution in [0.25, 0.3) is 98.8 Å². The normalized spacial score (nSPS) is 11.6. The number of hydrogen-bond acceptors (Lipinski definition) is 6. The molecular formula is C44H26N4OS. The van der Waals surface area contributed by atoms with Crippen LogP contribution >= 0.6 is 11.3 Å². The van der Waals surface area contributed by atoms with E-state index in [-0.39, 0.29) is 0 Å². The summed E-state index contributed by atoms with van der Waals surface area (Å²) in [4.78, 5) is 20.8. The van der Waals surface area contributed by atoms with Crippen molar-refractivity contribution in [3.63, 3.8) is 0 Å². The van der Waals surface area contributed by atoms with Crippen LogP contribution in [0.5, 0.6) is 0 Å². The summed E-state index contributed by atoms with van der Waals surface area (Å²) in [5, 5.41) is 3.05. The fourth-order valence-corrected chi connectivity index (χ4v) is 7.98. The van der Waals surface area contributed by atoms with Crippen molar-refractivity contribution in [2.45, 2.75) is 0 Å². The SMILES string of the molecule is c1ccc(-c2cc(-c3cccc4oc5cccc(-c6nc(-c7ccccc7)c7sc8ccccc8c7n6)c5c34)nc(-c3ccccc3)n2)cc1. The molecule has 0 saturated carbocycles. The third-order valence-corrected chi connectivity index (χ3v) is 10.3. The lowest BCUT2D eigenvalue weighted by Gasteiger charge is -2.11. The fraction of sp³-hybridized carbons (Fsp3) is 0. The van der Waals surface area contributed by atoms with Crippen LogP contribution in [0.2, 0.25) is 0 Å². The van der Waals surface area contributed by atoms with E-state index in [0.29, 0.717) is 11.6 Å². The van der Waals surface area contributed by atoms with E-state index in [1.54, 1.807) is 11.3 Å². The lowest BCUT2D eigenvalue weighted by atomic mass is 9.98. The average molecular weight is 659 g/mol. The lowest BCUT2D eigenvalue weighted by molar-refractivity contribution is 0.669. The first-order chi connectivity index (χ1) is 24.8. The summed E-state index contributed by atoms with van der Waals surface area (Å²) in [6.07, 6.45) is 0. The van der Waals surface area contributed by atoms with Crippen molar-refractivity contribution in [2.75, 3.05) is 0 Å². The van der Waals surface area contributed by atoms with Crippen molar-refractivity contribution < 1.29 is 4.42 Å². The summed E-state index contributed by atoms with van der Waals surface area (Å²) in [5.41, 5.74) is 9.98. The molecule has 0 spiro atoms. The number of benzene rings is 6. The van der Waals surface area contributed by atoms with E-state index >= 15 is 0 Å². The molecule has 50 heavy (non-hydrogen) atoms. The highest BCUT2D eigenvalue weighted by Gasteiger charge is 2.22. The summed E-state index contributed by atoms with van der Waals surface area (Å²) in [5.74, 6) is 1.32. The second kappa shape index (κ2) is 11.6. The fourth-order valence-electron chi connectivity index (χ4n) is 6.83. The van der Waals surface area contributed by atoms with Crippen LogP contribution in [-0.2, 0) is 0 Å². The zero-order valence-corrected chi connectivity index (χ0v) is 27.4. The number of rotatable bonds is 5. The Morgan fingerprint density at radius 3 is 1.78 bits per heavy atom. The molecule has 10 rings (SSSR count). The quantitative estimate of drug-likeness (QED) is 0.184. The number of nitrogens with zero attached hydrogens (tertiary/aromatic N) is 4. The molecule has 4 heterocycles. The molecule has 0 radical (unpaired) electrons. The molecule has 4 aromatic heterocycles. The maximum atomic E-state index is 6.57. The smallest absolute Gasteiger partial charge is 0.161 e. The summed E-state index contributed by atoms with van der Waals surface area (Å²) in [6, 6.07) is 53.6. The van der Waals surface area contributed by atoms with Crippen molar-refractivity contribution in [3.05, 3.63) is 158 Å². The molecule has 0 saturated heterocycles. The first-order valence-corrected chi connectivity index (χ1v) is 17.3. The monoisotopic (exact) mass is 658 g/mol. The van der Waals surface area contributed by atoms with E-state index in [1.807, 2.05) is 78.9 Å². The molecule has 6 aromatic carbocycles. The summed E-state index contributed by atoms with van der Waals surface area (Å²) in [6.45, 7) is 0. The largest absolute Gasteiger partial charge is 0.456 e. The Kier molecular flexibility index (Phi) is 6.60. The van der Waals surface area contributed by atoms with Gasteiger partial charge in [-0.15, -0.1) is 11.3 Å². The third kappa shape index (κ3) is 4.69. The van der Waals surface area contributed by atoms with E-state index in [2.05, 4.69) is 78.9 Å². The Balaban J connectivity index is 1.26. The van der Waals surface area contributed by atoms with Crippen molar-refractivity contribution in [1.82, 2.24) is 19.9 Å². The Morgan fingerprint density at radius 1 is 0.440 bits per heavy atom. The second-order valence-corrected chi connectivity index (χ2v) is 13.2. The van der Waals surface area contributed by atoms with Crippen LogP contribution in [-0.4, -0.2) is 19.9 Å². The molecule has 6 heteroatoms. The first-order valence-electron chi connectivity index (χ1n) is 16.5. The van der Waals surface area contributed by atoms with Gasteiger partial charge in [-0.2, -0.15) is 0 Å². The van der Waals surface area contributed by atoms with Gasteiger partial charge in [-0.05, 0) is 24.3 Å². The molecule has 0 N–H and O–H groups in total. The number of aromatic nitrogens is 4. The molecule has 5 nitrogen and oxygen atoms in total. The van der Waals surface area contributed by atoms with Gasteiger partial charge in [0.25, 0.3) is 0 Å². The van der Waals surface area contributed by atoms with Gasteiger partial charge in [0, 0.05) is 48.7 Å². The van der Waals surface area contributed by atoms with Crippen LogP contribution in [0.1, 0.15) is 0 Å². The van der Waals surface area contributed by atoms with Crippen molar-refractivity contribution in [3.8, 4) is 56.5 Å². The highest BCUT2D eigenvalue weighted by atomic mass is 32.1. The highest BCUT2D eigenvalue weighted by molar-refractivity contribution is 7.26. The minimum Gasteiger partial charge on any atom is -0.456 e. The van der Waals surface area contributed by atoms with Crippen molar-refractivity contribution in [1.29, 1.82) is 0 Å². The molecule has 0 unspecified atom stereocenters. The number of thiophene rings is 1. The van der Waals surface area contributed by atoms with Gasteiger partial charge in [-0.1, -0.05) is 133 Å². The molecular weight excluding hydrogens is 633 g/mol. The minimum absolute atomic E-state index is 0.653. The number of fused-ring (bicyclic) bond motifs is 6. The van der Waals surface area contributed by atoms with Gasteiger partial charge in [0.1, 0.15) is 11.2 Å². The molecule has 0 fully saturated rings. The lowest BCUT2D eigenvalue weighted by Crippen LogP contribution is -1.96. The van der Waals surface area contributed by atoms with E-state index in [1.165, 1.54) is 4.70 Å². The van der Waals surface area contributed by atoms with Gasteiger partial charge in [0.05, 0.1) is 27.3 Å². The van der Waals surface area contributed by atoms with Crippen molar-refractivity contribution >= 4 is 53.6 Å². The zero-order valence-electron chi connectivity index (χ0n) is 26.6. The van der Waals surface area contributed by atoms with Gasteiger partial charge in [-0.25, -0.2) is 19.9 Å². The Morgan fingerprint density at radius 2 is 1.04 bits per heavy atom. The van der Waals surface area contributed by atoms with E-state index in [9.17, 15) is 0 Å². The van der Waals surface area contributed by atoms with E-state index < -0.39 is 0 Å². The number of hydrogen-bond donors (Lipinski definition) is 0. The molecule has 0 aliphatic carbocycles. The molecule has 0 amide bonds. The zero-order chi connectivity index (χ0) is 33.0. The predicted octanol–water partition coefficient (Wildman–Crippen LogP) is 11.9.